The topological polar surface area (TPSA) is 56.2 Å². The lowest BCUT2D eigenvalue weighted by Gasteiger charge is -2.12. The highest BCUT2D eigenvalue weighted by molar-refractivity contribution is 5.81. The minimum Gasteiger partial charge on any atom is -0.463 e. The Kier molecular flexibility index (Phi) is 3.41. The van der Waals surface area contributed by atoms with E-state index in [1.807, 2.05) is 36.5 Å². The van der Waals surface area contributed by atoms with Gasteiger partial charge in [0.05, 0.1) is 5.69 Å². The van der Waals surface area contributed by atoms with Crippen LogP contribution in [-0.2, 0) is 4.79 Å². The highest BCUT2D eigenvalue weighted by atomic mass is 16.5. The average molecular weight is 271 g/mol. The van der Waals surface area contributed by atoms with Gasteiger partial charge in [0.15, 0.2) is 6.10 Å². The third-order valence-electron chi connectivity index (χ3n) is 3.18. The third-order valence-corrected chi connectivity index (χ3v) is 3.18. The van der Waals surface area contributed by atoms with Gasteiger partial charge in [0.1, 0.15) is 0 Å². The van der Waals surface area contributed by atoms with Crippen molar-refractivity contribution in [2.24, 2.45) is 0 Å². The number of amides is 1. The van der Waals surface area contributed by atoms with Crippen molar-refractivity contribution in [1.82, 2.24) is 15.1 Å². The molecule has 1 saturated carbocycles. The van der Waals surface area contributed by atoms with Gasteiger partial charge in [0.25, 0.3) is 5.91 Å². The van der Waals surface area contributed by atoms with Crippen molar-refractivity contribution in [3.63, 3.8) is 0 Å². The molecule has 20 heavy (non-hydrogen) atoms. The number of benzene rings is 1. The van der Waals surface area contributed by atoms with Gasteiger partial charge in [-0.05, 0) is 31.9 Å². The summed E-state index contributed by atoms with van der Waals surface area (Å²) in [6, 6.07) is 11.9. The monoisotopic (exact) mass is 271 g/mol. The van der Waals surface area contributed by atoms with Crippen LogP contribution < -0.4 is 10.1 Å². The Bertz CT molecular complexity index is 590. The molecule has 2 aromatic rings. The zero-order valence-electron chi connectivity index (χ0n) is 11.3. The van der Waals surface area contributed by atoms with Gasteiger partial charge in [0.2, 0.25) is 5.88 Å². The summed E-state index contributed by atoms with van der Waals surface area (Å²) in [6.07, 6.45) is 3.42. The highest BCUT2D eigenvalue weighted by Gasteiger charge is 2.26. The second-order valence-electron chi connectivity index (χ2n) is 4.98. The Balaban J connectivity index is 1.63. The van der Waals surface area contributed by atoms with Crippen molar-refractivity contribution in [3.05, 3.63) is 42.6 Å². The molecule has 104 valence electrons. The Labute approximate surface area is 117 Å². The molecular weight excluding hydrogens is 254 g/mol. The number of nitrogens with zero attached hydrogens (tertiary/aromatic N) is 2. The van der Waals surface area contributed by atoms with Crippen LogP contribution in [0.2, 0.25) is 0 Å². The van der Waals surface area contributed by atoms with Crippen LogP contribution in [0, 0.1) is 0 Å². The summed E-state index contributed by atoms with van der Waals surface area (Å²) in [5.41, 5.74) is 0.956. The molecule has 1 aliphatic carbocycles. The van der Waals surface area contributed by atoms with Crippen LogP contribution in [0.25, 0.3) is 5.69 Å². The number of hydrogen-bond acceptors (Lipinski definition) is 3. The molecule has 5 heteroatoms. The van der Waals surface area contributed by atoms with E-state index in [0.717, 1.165) is 18.5 Å². The van der Waals surface area contributed by atoms with Crippen LogP contribution in [-0.4, -0.2) is 27.8 Å². The standard InChI is InChI=1S/C15H17N3O2/c1-11(15(19)16-12-7-8-12)20-14-9-10-18(17-14)13-5-3-2-4-6-13/h2-6,9-12H,7-8H2,1H3,(H,16,19). The quantitative estimate of drug-likeness (QED) is 0.904. The number of nitrogens with one attached hydrogen (secondary N) is 1. The lowest BCUT2D eigenvalue weighted by molar-refractivity contribution is -0.127. The largest absolute Gasteiger partial charge is 0.463 e. The Morgan fingerprint density at radius 1 is 1.35 bits per heavy atom. The predicted molar refractivity (Wildman–Crippen MR) is 74.8 cm³/mol. The first-order valence-electron chi connectivity index (χ1n) is 6.80. The highest BCUT2D eigenvalue weighted by Crippen LogP contribution is 2.19. The van der Waals surface area contributed by atoms with Gasteiger partial charge >= 0.3 is 0 Å². The SMILES string of the molecule is CC(Oc1ccn(-c2ccccc2)n1)C(=O)NC1CC1. The molecule has 0 saturated heterocycles. The fraction of sp³-hybridized carbons (Fsp3) is 0.333. The maximum absolute atomic E-state index is 11.8. The zero-order chi connectivity index (χ0) is 13.9. The zero-order valence-corrected chi connectivity index (χ0v) is 11.3. The van der Waals surface area contributed by atoms with Crippen LogP contribution in [0.1, 0.15) is 19.8 Å². The second kappa shape index (κ2) is 5.36. The van der Waals surface area contributed by atoms with Crippen molar-refractivity contribution in [2.45, 2.75) is 31.9 Å². The van der Waals surface area contributed by atoms with E-state index in [9.17, 15) is 4.79 Å². The summed E-state index contributed by atoms with van der Waals surface area (Å²) < 4.78 is 7.29. The molecule has 1 aromatic heterocycles. The van der Waals surface area contributed by atoms with Crippen LogP contribution in [0.4, 0.5) is 0 Å². The number of aromatic nitrogens is 2. The Hall–Kier alpha value is -2.30. The maximum atomic E-state index is 11.8. The average Bonchev–Trinajstić information content (AvgIpc) is 3.16. The van der Waals surface area contributed by atoms with E-state index in [1.54, 1.807) is 17.7 Å². The number of rotatable bonds is 5. The van der Waals surface area contributed by atoms with Crippen molar-refractivity contribution in [1.29, 1.82) is 0 Å². The third kappa shape index (κ3) is 2.99. The van der Waals surface area contributed by atoms with Gasteiger partial charge in [-0.15, -0.1) is 5.10 Å². The molecule has 1 unspecified atom stereocenters. The molecule has 1 atom stereocenters. The lowest BCUT2D eigenvalue weighted by Crippen LogP contribution is -2.37. The summed E-state index contributed by atoms with van der Waals surface area (Å²) in [5, 5.41) is 7.23. The Morgan fingerprint density at radius 2 is 2.10 bits per heavy atom. The van der Waals surface area contributed by atoms with E-state index >= 15 is 0 Å². The second-order valence-corrected chi connectivity index (χ2v) is 4.98. The number of ether oxygens (including phenoxy) is 1. The first kappa shape index (κ1) is 12.7. The molecule has 5 nitrogen and oxygen atoms in total. The number of para-hydroxylation sites is 1. The van der Waals surface area contributed by atoms with Crippen molar-refractivity contribution in [2.75, 3.05) is 0 Å². The summed E-state index contributed by atoms with van der Waals surface area (Å²) in [5.74, 6) is 0.370. The van der Waals surface area contributed by atoms with E-state index in [4.69, 9.17) is 4.74 Å². The lowest BCUT2D eigenvalue weighted by atomic mass is 10.3. The van der Waals surface area contributed by atoms with Gasteiger partial charge in [-0.1, -0.05) is 18.2 Å². The van der Waals surface area contributed by atoms with Gasteiger partial charge < -0.3 is 10.1 Å². The molecule has 0 spiro atoms. The number of hydrogen-bond donors (Lipinski definition) is 1. The van der Waals surface area contributed by atoms with Crippen molar-refractivity contribution in [3.8, 4) is 11.6 Å². The summed E-state index contributed by atoms with van der Waals surface area (Å²) in [6.45, 7) is 1.74. The Morgan fingerprint density at radius 3 is 2.80 bits per heavy atom. The normalized spacial score (nSPS) is 15.7. The minimum absolute atomic E-state index is 0.0817. The predicted octanol–water partition coefficient (Wildman–Crippen LogP) is 1.92. The molecule has 1 aliphatic rings. The molecule has 0 radical (unpaired) electrons. The van der Waals surface area contributed by atoms with Crippen LogP contribution in [0.5, 0.6) is 5.88 Å². The molecule has 0 bridgehead atoms. The molecule has 1 heterocycles. The van der Waals surface area contributed by atoms with Crippen molar-refractivity contribution < 1.29 is 9.53 Å². The van der Waals surface area contributed by atoms with Gasteiger partial charge in [-0.3, -0.25) is 4.79 Å². The molecule has 3 rings (SSSR count). The molecule has 1 amide bonds. The fourth-order valence-electron chi connectivity index (χ4n) is 1.88. The van der Waals surface area contributed by atoms with E-state index in [0.29, 0.717) is 11.9 Å². The smallest absolute Gasteiger partial charge is 0.261 e. The van der Waals surface area contributed by atoms with Crippen LogP contribution >= 0.6 is 0 Å². The van der Waals surface area contributed by atoms with Gasteiger partial charge in [-0.25, -0.2) is 4.68 Å². The summed E-state index contributed by atoms with van der Waals surface area (Å²) in [4.78, 5) is 11.8. The maximum Gasteiger partial charge on any atom is 0.261 e. The molecule has 0 aliphatic heterocycles. The van der Waals surface area contributed by atoms with E-state index < -0.39 is 6.10 Å². The van der Waals surface area contributed by atoms with E-state index in [2.05, 4.69) is 10.4 Å². The first-order valence-corrected chi connectivity index (χ1v) is 6.80. The van der Waals surface area contributed by atoms with E-state index in [1.165, 1.54) is 0 Å². The fourth-order valence-corrected chi connectivity index (χ4v) is 1.88. The van der Waals surface area contributed by atoms with E-state index in [-0.39, 0.29) is 5.91 Å². The van der Waals surface area contributed by atoms with Crippen molar-refractivity contribution >= 4 is 5.91 Å². The van der Waals surface area contributed by atoms with Gasteiger partial charge in [0, 0.05) is 18.3 Å². The van der Waals surface area contributed by atoms with Crippen LogP contribution in [0.15, 0.2) is 42.6 Å². The molecule has 1 aromatic carbocycles. The first-order chi connectivity index (χ1) is 9.72. The molecular formula is C15H17N3O2. The summed E-state index contributed by atoms with van der Waals surface area (Å²) >= 11 is 0. The minimum atomic E-state index is -0.533. The number of carbonyl (C=O) groups excluding carboxylic acids is 1. The molecule has 1 N–H and O–H groups in total. The molecule has 1 fully saturated rings. The van der Waals surface area contributed by atoms with Crippen LogP contribution in [0.3, 0.4) is 0 Å². The number of carbonyl (C=O) groups is 1. The van der Waals surface area contributed by atoms with Gasteiger partial charge in [-0.2, -0.15) is 0 Å². The summed E-state index contributed by atoms with van der Waals surface area (Å²) in [7, 11) is 0.